The van der Waals surface area contributed by atoms with E-state index in [4.69, 9.17) is 9.47 Å². The zero-order valence-corrected chi connectivity index (χ0v) is 16.2. The number of nitro groups is 1. The average Bonchev–Trinajstić information content (AvgIpc) is 3.09. The van der Waals surface area contributed by atoms with Crippen molar-refractivity contribution in [2.75, 3.05) is 13.2 Å². The summed E-state index contributed by atoms with van der Waals surface area (Å²) in [7, 11) is 0. The summed E-state index contributed by atoms with van der Waals surface area (Å²) in [6.07, 6.45) is 1.39. The highest BCUT2D eigenvalue weighted by molar-refractivity contribution is 6.19. The SMILES string of the molecule is CCOC(=O)c1c(C(=O)OCC)c2cccnn2c1C(=O)c1ccc([N+](=O)[O-])cc1. The minimum atomic E-state index is -0.878. The van der Waals surface area contributed by atoms with Crippen molar-refractivity contribution >= 4 is 28.9 Å². The van der Waals surface area contributed by atoms with Crippen molar-refractivity contribution in [3.8, 4) is 0 Å². The molecule has 0 aliphatic rings. The minimum Gasteiger partial charge on any atom is -0.462 e. The lowest BCUT2D eigenvalue weighted by Gasteiger charge is -2.07. The maximum absolute atomic E-state index is 13.3. The summed E-state index contributed by atoms with van der Waals surface area (Å²) in [6, 6.07) is 7.95. The Bertz CT molecular complexity index is 1150. The van der Waals surface area contributed by atoms with E-state index in [9.17, 15) is 24.5 Å². The van der Waals surface area contributed by atoms with Gasteiger partial charge in [-0.15, -0.1) is 0 Å². The number of nitrogens with zero attached hydrogens (tertiary/aromatic N) is 3. The van der Waals surface area contributed by atoms with E-state index in [0.29, 0.717) is 0 Å². The van der Waals surface area contributed by atoms with E-state index < -0.39 is 22.6 Å². The largest absolute Gasteiger partial charge is 0.462 e. The summed E-state index contributed by atoms with van der Waals surface area (Å²) in [5.74, 6) is -2.33. The second-order valence-corrected chi connectivity index (χ2v) is 5.99. The van der Waals surface area contributed by atoms with Crippen molar-refractivity contribution in [1.29, 1.82) is 0 Å². The lowest BCUT2D eigenvalue weighted by Crippen LogP contribution is -2.17. The van der Waals surface area contributed by atoms with Crippen molar-refractivity contribution in [2.45, 2.75) is 13.8 Å². The summed E-state index contributed by atoms with van der Waals surface area (Å²) >= 11 is 0. The highest BCUT2D eigenvalue weighted by atomic mass is 16.6. The summed E-state index contributed by atoms with van der Waals surface area (Å²) < 4.78 is 11.3. The van der Waals surface area contributed by atoms with Crippen LogP contribution in [-0.4, -0.2) is 45.5 Å². The molecule has 154 valence electrons. The number of hydrogen-bond donors (Lipinski definition) is 0. The van der Waals surface area contributed by atoms with Gasteiger partial charge in [0.1, 0.15) is 16.8 Å². The van der Waals surface area contributed by atoms with Gasteiger partial charge in [-0.25, -0.2) is 14.1 Å². The van der Waals surface area contributed by atoms with Crippen LogP contribution in [0.2, 0.25) is 0 Å². The third-order valence-corrected chi connectivity index (χ3v) is 4.22. The molecule has 0 unspecified atom stereocenters. The van der Waals surface area contributed by atoms with E-state index >= 15 is 0 Å². The molecule has 0 saturated carbocycles. The number of carbonyl (C=O) groups excluding carboxylic acids is 3. The third kappa shape index (κ3) is 3.62. The van der Waals surface area contributed by atoms with Crippen LogP contribution in [0.4, 0.5) is 5.69 Å². The molecule has 1 aromatic carbocycles. The molecule has 0 amide bonds. The van der Waals surface area contributed by atoms with E-state index in [2.05, 4.69) is 5.10 Å². The quantitative estimate of drug-likeness (QED) is 0.251. The molecule has 30 heavy (non-hydrogen) atoms. The maximum Gasteiger partial charge on any atom is 0.341 e. The van der Waals surface area contributed by atoms with Crippen LogP contribution in [0.1, 0.15) is 50.6 Å². The summed E-state index contributed by atoms with van der Waals surface area (Å²) in [5.41, 5.74) is -0.509. The zero-order valence-electron chi connectivity index (χ0n) is 16.2. The number of fused-ring (bicyclic) bond motifs is 1. The van der Waals surface area contributed by atoms with E-state index in [-0.39, 0.29) is 46.8 Å². The Morgan fingerprint density at radius 1 is 1.00 bits per heavy atom. The smallest absolute Gasteiger partial charge is 0.341 e. The first-order valence-corrected chi connectivity index (χ1v) is 9.03. The number of benzene rings is 1. The van der Waals surface area contributed by atoms with Crippen LogP contribution in [0.5, 0.6) is 0 Å². The molecular weight excluding hydrogens is 394 g/mol. The average molecular weight is 411 g/mol. The third-order valence-electron chi connectivity index (χ3n) is 4.22. The van der Waals surface area contributed by atoms with Gasteiger partial charge in [0.25, 0.3) is 5.69 Å². The molecule has 10 heteroatoms. The molecule has 0 bridgehead atoms. The predicted molar refractivity (Wildman–Crippen MR) is 104 cm³/mol. The van der Waals surface area contributed by atoms with Gasteiger partial charge in [-0.3, -0.25) is 14.9 Å². The summed E-state index contributed by atoms with van der Waals surface area (Å²) in [6.45, 7) is 3.28. The number of nitro benzene ring substituents is 1. The number of esters is 2. The molecule has 10 nitrogen and oxygen atoms in total. The van der Waals surface area contributed by atoms with E-state index in [1.165, 1.54) is 41.0 Å². The Hall–Kier alpha value is -4.08. The fourth-order valence-electron chi connectivity index (χ4n) is 2.98. The number of aromatic nitrogens is 2. The van der Waals surface area contributed by atoms with Crippen molar-refractivity contribution < 1.29 is 28.8 Å². The highest BCUT2D eigenvalue weighted by Gasteiger charge is 2.34. The fraction of sp³-hybridized carbons (Fsp3) is 0.200. The molecule has 3 rings (SSSR count). The topological polar surface area (TPSA) is 130 Å². The minimum absolute atomic E-state index is 0.0197. The number of ether oxygens (including phenoxy) is 2. The standard InChI is InChI=1S/C20H17N3O7/c1-3-29-19(25)15-14-6-5-11-21-22(14)17(16(15)20(26)30-4-2)18(24)12-7-9-13(10-8-12)23(27)28/h5-11H,3-4H2,1-2H3. The van der Waals surface area contributed by atoms with E-state index in [1.807, 2.05) is 0 Å². The van der Waals surface area contributed by atoms with Crippen LogP contribution in [0.3, 0.4) is 0 Å². The molecule has 0 aliphatic carbocycles. The van der Waals surface area contributed by atoms with Gasteiger partial charge in [-0.05, 0) is 38.1 Å². The molecule has 2 heterocycles. The van der Waals surface area contributed by atoms with Crippen molar-refractivity contribution in [2.24, 2.45) is 0 Å². The van der Waals surface area contributed by atoms with Crippen LogP contribution >= 0.6 is 0 Å². The van der Waals surface area contributed by atoms with Crippen molar-refractivity contribution in [1.82, 2.24) is 9.61 Å². The van der Waals surface area contributed by atoms with Crippen LogP contribution in [0.25, 0.3) is 5.52 Å². The van der Waals surface area contributed by atoms with Gasteiger partial charge in [0.2, 0.25) is 5.78 Å². The van der Waals surface area contributed by atoms with Crippen molar-refractivity contribution in [3.05, 3.63) is 75.1 Å². The second kappa shape index (κ2) is 8.52. The van der Waals surface area contributed by atoms with Gasteiger partial charge < -0.3 is 9.47 Å². The van der Waals surface area contributed by atoms with Gasteiger partial charge in [-0.2, -0.15) is 5.10 Å². The Kier molecular flexibility index (Phi) is 5.86. The second-order valence-electron chi connectivity index (χ2n) is 5.99. The van der Waals surface area contributed by atoms with Gasteiger partial charge >= 0.3 is 11.9 Å². The van der Waals surface area contributed by atoms with E-state index in [1.54, 1.807) is 19.9 Å². The normalized spacial score (nSPS) is 10.6. The molecule has 0 atom stereocenters. The van der Waals surface area contributed by atoms with Gasteiger partial charge in [0, 0.05) is 23.9 Å². The lowest BCUT2D eigenvalue weighted by atomic mass is 10.0. The van der Waals surface area contributed by atoms with Crippen LogP contribution in [0.15, 0.2) is 42.6 Å². The Labute approximate surface area is 170 Å². The Balaban J connectivity index is 2.28. The molecule has 0 N–H and O–H groups in total. The molecule has 0 aliphatic heterocycles. The molecule has 0 radical (unpaired) electrons. The molecule has 2 aromatic heterocycles. The maximum atomic E-state index is 13.3. The summed E-state index contributed by atoms with van der Waals surface area (Å²) in [4.78, 5) is 48.9. The zero-order chi connectivity index (χ0) is 21.8. The molecule has 0 spiro atoms. The molecular formula is C20H17N3O7. The monoisotopic (exact) mass is 411 g/mol. The first-order valence-electron chi connectivity index (χ1n) is 9.03. The van der Waals surface area contributed by atoms with Gasteiger partial charge in [-0.1, -0.05) is 0 Å². The van der Waals surface area contributed by atoms with Crippen LogP contribution < -0.4 is 0 Å². The fourth-order valence-corrected chi connectivity index (χ4v) is 2.98. The summed E-state index contributed by atoms with van der Waals surface area (Å²) in [5, 5.41) is 15.0. The van der Waals surface area contributed by atoms with Gasteiger partial charge in [0.05, 0.1) is 23.7 Å². The Morgan fingerprint density at radius 3 is 2.17 bits per heavy atom. The van der Waals surface area contributed by atoms with Crippen LogP contribution in [0, 0.1) is 10.1 Å². The van der Waals surface area contributed by atoms with Gasteiger partial charge in [0.15, 0.2) is 0 Å². The van der Waals surface area contributed by atoms with Crippen molar-refractivity contribution in [3.63, 3.8) is 0 Å². The first-order chi connectivity index (χ1) is 14.4. The lowest BCUT2D eigenvalue weighted by molar-refractivity contribution is -0.384. The predicted octanol–water partition coefficient (Wildman–Crippen LogP) is 2.83. The number of ketones is 1. The number of carbonyl (C=O) groups is 3. The Morgan fingerprint density at radius 2 is 1.60 bits per heavy atom. The molecule has 3 aromatic rings. The highest BCUT2D eigenvalue weighted by Crippen LogP contribution is 2.27. The van der Waals surface area contributed by atoms with E-state index in [0.717, 1.165) is 0 Å². The van der Waals surface area contributed by atoms with Crippen LogP contribution in [-0.2, 0) is 9.47 Å². The number of rotatable bonds is 7. The molecule has 0 saturated heterocycles. The number of non-ortho nitro benzene ring substituents is 1. The number of hydrogen-bond acceptors (Lipinski definition) is 8. The first kappa shape index (κ1) is 20.6. The molecule has 0 fully saturated rings.